The van der Waals surface area contributed by atoms with Crippen LogP contribution in [0.1, 0.15) is 44.4 Å². The standard InChI is InChI=1S/C18H27N3O2/c1-18(2,3)23-17(22)21-11-9-20(10-12-21)16-6-4-5-13-14(16)7-8-15(13)19/h4-6,15H,7-12,19H2,1-3H3. The van der Waals surface area contributed by atoms with E-state index in [9.17, 15) is 4.79 Å². The minimum absolute atomic E-state index is 0.174. The summed E-state index contributed by atoms with van der Waals surface area (Å²) >= 11 is 0. The second-order valence-electron chi connectivity index (χ2n) is 7.44. The maximum Gasteiger partial charge on any atom is 0.410 e. The van der Waals surface area contributed by atoms with Crippen molar-refractivity contribution in [1.29, 1.82) is 0 Å². The number of amides is 1. The lowest BCUT2D eigenvalue weighted by Gasteiger charge is -2.37. The fraction of sp³-hybridized carbons (Fsp3) is 0.611. The fourth-order valence-corrected chi connectivity index (χ4v) is 3.42. The van der Waals surface area contributed by atoms with Crippen molar-refractivity contribution < 1.29 is 9.53 Å². The predicted molar refractivity (Wildman–Crippen MR) is 91.7 cm³/mol. The minimum atomic E-state index is -0.440. The molecule has 0 aromatic heterocycles. The van der Waals surface area contributed by atoms with E-state index in [0.29, 0.717) is 13.1 Å². The molecule has 1 fully saturated rings. The molecule has 1 unspecified atom stereocenters. The van der Waals surface area contributed by atoms with E-state index in [1.807, 2.05) is 20.8 Å². The van der Waals surface area contributed by atoms with Gasteiger partial charge in [-0.1, -0.05) is 12.1 Å². The van der Waals surface area contributed by atoms with Gasteiger partial charge < -0.3 is 20.3 Å². The molecule has 3 rings (SSSR count). The highest BCUT2D eigenvalue weighted by Crippen LogP contribution is 2.36. The van der Waals surface area contributed by atoms with Crippen LogP contribution in [0.15, 0.2) is 18.2 Å². The number of carbonyl (C=O) groups is 1. The van der Waals surface area contributed by atoms with Gasteiger partial charge in [0, 0.05) is 37.9 Å². The summed E-state index contributed by atoms with van der Waals surface area (Å²) in [5.41, 5.74) is 9.71. The zero-order valence-electron chi connectivity index (χ0n) is 14.3. The van der Waals surface area contributed by atoms with Crippen molar-refractivity contribution >= 4 is 11.8 Å². The van der Waals surface area contributed by atoms with Crippen molar-refractivity contribution in [3.05, 3.63) is 29.3 Å². The average Bonchev–Trinajstić information content (AvgIpc) is 2.87. The second kappa shape index (κ2) is 6.04. The second-order valence-corrected chi connectivity index (χ2v) is 7.44. The lowest BCUT2D eigenvalue weighted by molar-refractivity contribution is 0.0240. The normalized spacial score (nSPS) is 21.3. The van der Waals surface area contributed by atoms with Gasteiger partial charge in [-0.15, -0.1) is 0 Å². The quantitative estimate of drug-likeness (QED) is 0.865. The SMILES string of the molecule is CC(C)(C)OC(=O)N1CCN(c2cccc3c2CCC3N)CC1. The van der Waals surface area contributed by atoms with Crippen LogP contribution in [0.4, 0.5) is 10.5 Å². The van der Waals surface area contributed by atoms with Crippen LogP contribution >= 0.6 is 0 Å². The predicted octanol–water partition coefficient (Wildman–Crippen LogP) is 2.69. The molecule has 1 saturated heterocycles. The van der Waals surface area contributed by atoms with E-state index in [1.54, 1.807) is 4.90 Å². The molecule has 23 heavy (non-hydrogen) atoms. The molecular formula is C18H27N3O2. The summed E-state index contributed by atoms with van der Waals surface area (Å²) in [4.78, 5) is 16.3. The Morgan fingerprint density at radius 3 is 2.57 bits per heavy atom. The van der Waals surface area contributed by atoms with Gasteiger partial charge in [0.1, 0.15) is 5.60 Å². The highest BCUT2D eigenvalue weighted by Gasteiger charge is 2.28. The zero-order chi connectivity index (χ0) is 16.6. The Kier molecular flexibility index (Phi) is 4.23. The van der Waals surface area contributed by atoms with Gasteiger partial charge in [0.05, 0.1) is 0 Å². The Hall–Kier alpha value is -1.75. The maximum absolute atomic E-state index is 12.2. The summed E-state index contributed by atoms with van der Waals surface area (Å²) in [5, 5.41) is 0. The van der Waals surface area contributed by atoms with Crippen LogP contribution in [-0.4, -0.2) is 42.8 Å². The first-order valence-electron chi connectivity index (χ1n) is 8.45. The molecule has 0 bridgehead atoms. The van der Waals surface area contributed by atoms with E-state index in [-0.39, 0.29) is 12.1 Å². The molecule has 5 heteroatoms. The summed E-state index contributed by atoms with van der Waals surface area (Å²) in [7, 11) is 0. The molecular weight excluding hydrogens is 290 g/mol. The van der Waals surface area contributed by atoms with E-state index < -0.39 is 5.60 Å². The molecule has 1 aromatic rings. The molecule has 5 nitrogen and oxygen atoms in total. The fourth-order valence-electron chi connectivity index (χ4n) is 3.42. The number of carbonyl (C=O) groups excluding carboxylic acids is 1. The number of ether oxygens (including phenoxy) is 1. The van der Waals surface area contributed by atoms with Crippen LogP contribution in [0.3, 0.4) is 0 Å². The van der Waals surface area contributed by atoms with Crippen LogP contribution in [-0.2, 0) is 11.2 Å². The molecule has 0 radical (unpaired) electrons. The summed E-state index contributed by atoms with van der Waals surface area (Å²) < 4.78 is 5.46. The molecule has 1 aliphatic heterocycles. The van der Waals surface area contributed by atoms with Gasteiger partial charge in [0.2, 0.25) is 0 Å². The molecule has 2 aliphatic rings. The van der Waals surface area contributed by atoms with Crippen LogP contribution in [0.2, 0.25) is 0 Å². The molecule has 1 aliphatic carbocycles. The molecule has 0 spiro atoms. The van der Waals surface area contributed by atoms with Crippen molar-refractivity contribution in [3.8, 4) is 0 Å². The topological polar surface area (TPSA) is 58.8 Å². The zero-order valence-corrected chi connectivity index (χ0v) is 14.3. The molecule has 1 atom stereocenters. The van der Waals surface area contributed by atoms with E-state index in [2.05, 4.69) is 23.1 Å². The number of hydrogen-bond donors (Lipinski definition) is 1. The summed E-state index contributed by atoms with van der Waals surface area (Å²) in [6, 6.07) is 6.60. The van der Waals surface area contributed by atoms with Gasteiger partial charge in [-0.25, -0.2) is 4.79 Å². The summed E-state index contributed by atoms with van der Waals surface area (Å²) in [6.07, 6.45) is 1.88. The Morgan fingerprint density at radius 1 is 1.22 bits per heavy atom. The number of rotatable bonds is 1. The average molecular weight is 317 g/mol. The largest absolute Gasteiger partial charge is 0.444 e. The number of hydrogen-bond acceptors (Lipinski definition) is 4. The molecule has 2 N–H and O–H groups in total. The number of nitrogens with zero attached hydrogens (tertiary/aromatic N) is 2. The minimum Gasteiger partial charge on any atom is -0.444 e. The Labute approximate surface area is 138 Å². The molecule has 1 heterocycles. The van der Waals surface area contributed by atoms with E-state index in [1.165, 1.54) is 16.8 Å². The van der Waals surface area contributed by atoms with Crippen molar-refractivity contribution in [1.82, 2.24) is 4.90 Å². The van der Waals surface area contributed by atoms with Crippen LogP contribution in [0, 0.1) is 0 Å². The van der Waals surface area contributed by atoms with Crippen molar-refractivity contribution in [2.45, 2.75) is 45.3 Å². The first-order chi connectivity index (χ1) is 10.8. The van der Waals surface area contributed by atoms with E-state index in [4.69, 9.17) is 10.5 Å². The van der Waals surface area contributed by atoms with Gasteiger partial charge in [0.15, 0.2) is 0 Å². The third kappa shape index (κ3) is 3.44. The third-order valence-electron chi connectivity index (χ3n) is 4.56. The van der Waals surface area contributed by atoms with Crippen LogP contribution in [0.5, 0.6) is 0 Å². The first-order valence-corrected chi connectivity index (χ1v) is 8.45. The van der Waals surface area contributed by atoms with Crippen molar-refractivity contribution in [2.24, 2.45) is 5.73 Å². The summed E-state index contributed by atoms with van der Waals surface area (Å²) in [5.74, 6) is 0. The van der Waals surface area contributed by atoms with Gasteiger partial charge >= 0.3 is 6.09 Å². The van der Waals surface area contributed by atoms with Gasteiger partial charge in [0.25, 0.3) is 0 Å². The van der Waals surface area contributed by atoms with E-state index in [0.717, 1.165) is 25.9 Å². The number of anilines is 1. The van der Waals surface area contributed by atoms with E-state index >= 15 is 0 Å². The van der Waals surface area contributed by atoms with Gasteiger partial charge in [-0.2, -0.15) is 0 Å². The Balaban J connectivity index is 1.65. The molecule has 1 amide bonds. The van der Waals surface area contributed by atoms with Gasteiger partial charge in [-0.3, -0.25) is 0 Å². The molecule has 1 aromatic carbocycles. The summed E-state index contributed by atoms with van der Waals surface area (Å²) in [6.45, 7) is 8.78. The Bertz CT molecular complexity index is 586. The van der Waals surface area contributed by atoms with Crippen molar-refractivity contribution in [2.75, 3.05) is 31.1 Å². The monoisotopic (exact) mass is 317 g/mol. The van der Waals surface area contributed by atoms with Crippen LogP contribution < -0.4 is 10.6 Å². The smallest absolute Gasteiger partial charge is 0.410 e. The number of benzene rings is 1. The highest BCUT2D eigenvalue weighted by atomic mass is 16.6. The van der Waals surface area contributed by atoms with Crippen molar-refractivity contribution in [3.63, 3.8) is 0 Å². The van der Waals surface area contributed by atoms with Gasteiger partial charge in [-0.05, 0) is 50.8 Å². The number of piperazine rings is 1. The molecule has 0 saturated carbocycles. The highest BCUT2D eigenvalue weighted by molar-refractivity contribution is 5.69. The Morgan fingerprint density at radius 2 is 1.91 bits per heavy atom. The third-order valence-corrected chi connectivity index (χ3v) is 4.56. The number of fused-ring (bicyclic) bond motifs is 1. The van der Waals surface area contributed by atoms with Crippen LogP contribution in [0.25, 0.3) is 0 Å². The first kappa shape index (κ1) is 16.1. The number of nitrogens with two attached hydrogens (primary N) is 1. The lowest BCUT2D eigenvalue weighted by atomic mass is 10.1. The maximum atomic E-state index is 12.2. The lowest BCUT2D eigenvalue weighted by Crippen LogP contribution is -2.50. The molecule has 126 valence electrons.